The van der Waals surface area contributed by atoms with E-state index in [2.05, 4.69) is 0 Å². The summed E-state index contributed by atoms with van der Waals surface area (Å²) < 4.78 is 5.10. The van der Waals surface area contributed by atoms with Crippen LogP contribution in [0.4, 0.5) is 0 Å². The van der Waals surface area contributed by atoms with Crippen LogP contribution >= 0.6 is 0 Å². The molecular weight excluding hydrogens is 204 g/mol. The Hall–Kier alpha value is -2.29. The summed E-state index contributed by atoms with van der Waals surface area (Å²) in [6.07, 6.45) is 3.02. The molecule has 1 N–H and O–H groups in total. The van der Waals surface area contributed by atoms with Gasteiger partial charge in [-0.2, -0.15) is 0 Å². The van der Waals surface area contributed by atoms with Crippen LogP contribution in [0.25, 0.3) is 11.6 Å². The highest BCUT2D eigenvalue weighted by Gasteiger charge is 2.10. The Labute approximate surface area is 92.6 Å². The third kappa shape index (κ3) is 2.20. The van der Waals surface area contributed by atoms with Gasteiger partial charge in [-0.25, -0.2) is 4.79 Å². The fourth-order valence-electron chi connectivity index (χ4n) is 1.40. The van der Waals surface area contributed by atoms with Gasteiger partial charge >= 0.3 is 5.97 Å². The summed E-state index contributed by atoms with van der Waals surface area (Å²) in [6, 6.07) is 12.4. The predicted octanol–water partition coefficient (Wildman–Crippen LogP) is 2.90. The maximum Gasteiger partial charge on any atom is 0.336 e. The van der Waals surface area contributed by atoms with Gasteiger partial charge in [0.1, 0.15) is 5.76 Å². The maximum absolute atomic E-state index is 11.1. The fourth-order valence-corrected chi connectivity index (χ4v) is 1.40. The largest absolute Gasteiger partial charge is 0.478 e. The summed E-state index contributed by atoms with van der Waals surface area (Å²) in [5.74, 6) is -0.441. The second-order valence-electron chi connectivity index (χ2n) is 3.24. The van der Waals surface area contributed by atoms with E-state index in [-0.39, 0.29) is 5.57 Å². The molecule has 0 atom stereocenters. The Morgan fingerprint density at radius 2 is 1.88 bits per heavy atom. The van der Waals surface area contributed by atoms with Crippen LogP contribution in [-0.4, -0.2) is 11.1 Å². The molecule has 0 aliphatic rings. The molecule has 1 aromatic carbocycles. The van der Waals surface area contributed by atoms with Gasteiger partial charge in [0.25, 0.3) is 0 Å². The summed E-state index contributed by atoms with van der Waals surface area (Å²) in [4.78, 5) is 11.1. The van der Waals surface area contributed by atoms with Crippen LogP contribution in [0.3, 0.4) is 0 Å². The van der Waals surface area contributed by atoms with Crippen LogP contribution in [0.2, 0.25) is 0 Å². The Kier molecular flexibility index (Phi) is 2.87. The predicted molar refractivity (Wildman–Crippen MR) is 60.7 cm³/mol. The summed E-state index contributed by atoms with van der Waals surface area (Å²) in [6.45, 7) is 0. The van der Waals surface area contributed by atoms with E-state index in [9.17, 15) is 4.79 Å². The number of aliphatic carboxylic acids is 1. The second-order valence-corrected chi connectivity index (χ2v) is 3.24. The van der Waals surface area contributed by atoms with Crippen molar-refractivity contribution >= 4 is 17.6 Å². The molecule has 0 amide bonds. The quantitative estimate of drug-likeness (QED) is 0.799. The van der Waals surface area contributed by atoms with E-state index in [1.165, 1.54) is 12.3 Å². The Morgan fingerprint density at radius 1 is 1.12 bits per heavy atom. The van der Waals surface area contributed by atoms with Crippen molar-refractivity contribution in [3.05, 3.63) is 60.1 Å². The first-order chi connectivity index (χ1) is 7.77. The monoisotopic (exact) mass is 214 g/mol. The molecule has 3 heteroatoms. The normalized spacial score (nSPS) is 11.4. The molecule has 0 aliphatic carbocycles. The van der Waals surface area contributed by atoms with Crippen LogP contribution < -0.4 is 0 Å². The van der Waals surface area contributed by atoms with Gasteiger partial charge in [-0.05, 0) is 23.8 Å². The maximum atomic E-state index is 11.1. The number of rotatable bonds is 3. The van der Waals surface area contributed by atoms with Crippen LogP contribution in [0.5, 0.6) is 0 Å². The van der Waals surface area contributed by atoms with Crippen molar-refractivity contribution in [1.82, 2.24) is 0 Å². The smallest absolute Gasteiger partial charge is 0.336 e. The molecule has 2 aromatic rings. The van der Waals surface area contributed by atoms with Gasteiger partial charge in [-0.15, -0.1) is 0 Å². The van der Waals surface area contributed by atoms with E-state index in [4.69, 9.17) is 9.52 Å². The minimum absolute atomic E-state index is 0.218. The molecule has 1 heterocycles. The molecule has 16 heavy (non-hydrogen) atoms. The molecule has 0 aliphatic heterocycles. The van der Waals surface area contributed by atoms with Crippen molar-refractivity contribution in [1.29, 1.82) is 0 Å². The van der Waals surface area contributed by atoms with Crippen LogP contribution in [-0.2, 0) is 4.79 Å². The molecule has 0 unspecified atom stereocenters. The molecule has 3 nitrogen and oxygen atoms in total. The first kappa shape index (κ1) is 10.2. The van der Waals surface area contributed by atoms with Gasteiger partial charge in [0, 0.05) is 0 Å². The van der Waals surface area contributed by atoms with E-state index in [1.54, 1.807) is 36.4 Å². The SMILES string of the molecule is O=C(O)/C(=C/c1ccco1)c1ccccc1. The second kappa shape index (κ2) is 4.49. The van der Waals surface area contributed by atoms with Gasteiger partial charge in [0.15, 0.2) is 0 Å². The molecule has 1 aromatic heterocycles. The molecule has 0 radical (unpaired) electrons. The number of benzene rings is 1. The third-order valence-corrected chi connectivity index (χ3v) is 2.14. The fraction of sp³-hybridized carbons (Fsp3) is 0. The van der Waals surface area contributed by atoms with Gasteiger partial charge in [0.05, 0.1) is 11.8 Å². The van der Waals surface area contributed by atoms with Gasteiger partial charge < -0.3 is 9.52 Å². The molecule has 0 bridgehead atoms. The van der Waals surface area contributed by atoms with E-state index >= 15 is 0 Å². The lowest BCUT2D eigenvalue weighted by molar-refractivity contribution is -0.130. The van der Waals surface area contributed by atoms with E-state index < -0.39 is 5.97 Å². The number of carboxylic acids is 1. The zero-order valence-corrected chi connectivity index (χ0v) is 8.46. The van der Waals surface area contributed by atoms with E-state index in [0.29, 0.717) is 11.3 Å². The lowest BCUT2D eigenvalue weighted by atomic mass is 10.1. The van der Waals surface area contributed by atoms with Crippen molar-refractivity contribution in [2.24, 2.45) is 0 Å². The summed E-state index contributed by atoms with van der Waals surface area (Å²) in [5, 5.41) is 9.12. The van der Waals surface area contributed by atoms with Crippen molar-refractivity contribution in [2.45, 2.75) is 0 Å². The average Bonchev–Trinajstić information content (AvgIpc) is 2.79. The van der Waals surface area contributed by atoms with Crippen molar-refractivity contribution in [3.63, 3.8) is 0 Å². The van der Waals surface area contributed by atoms with E-state index in [0.717, 1.165) is 0 Å². The van der Waals surface area contributed by atoms with E-state index in [1.807, 2.05) is 6.07 Å². The number of hydrogen-bond donors (Lipinski definition) is 1. The highest BCUT2D eigenvalue weighted by atomic mass is 16.4. The topological polar surface area (TPSA) is 50.4 Å². The summed E-state index contributed by atoms with van der Waals surface area (Å²) >= 11 is 0. The molecule has 0 spiro atoms. The molecule has 80 valence electrons. The Bertz CT molecular complexity index is 495. The van der Waals surface area contributed by atoms with Crippen LogP contribution in [0.15, 0.2) is 53.1 Å². The highest BCUT2D eigenvalue weighted by Crippen LogP contribution is 2.18. The molecule has 0 saturated carbocycles. The summed E-state index contributed by atoms with van der Waals surface area (Å²) in [7, 11) is 0. The highest BCUT2D eigenvalue weighted by molar-refractivity contribution is 6.20. The van der Waals surface area contributed by atoms with Gasteiger partial charge in [-0.3, -0.25) is 0 Å². The lowest BCUT2D eigenvalue weighted by Crippen LogP contribution is -1.99. The van der Waals surface area contributed by atoms with Crippen LogP contribution in [0, 0.1) is 0 Å². The zero-order chi connectivity index (χ0) is 11.4. The van der Waals surface area contributed by atoms with Crippen LogP contribution in [0.1, 0.15) is 11.3 Å². The minimum atomic E-state index is -0.970. The number of carbonyl (C=O) groups is 1. The molecule has 0 fully saturated rings. The first-order valence-electron chi connectivity index (χ1n) is 4.81. The van der Waals surface area contributed by atoms with Crippen molar-refractivity contribution < 1.29 is 14.3 Å². The summed E-state index contributed by atoms with van der Waals surface area (Å²) in [5.41, 5.74) is 0.877. The Morgan fingerprint density at radius 3 is 2.44 bits per heavy atom. The van der Waals surface area contributed by atoms with Crippen molar-refractivity contribution in [2.75, 3.05) is 0 Å². The minimum Gasteiger partial charge on any atom is -0.478 e. The standard InChI is InChI=1S/C13H10O3/c14-13(15)12(9-11-7-4-8-16-11)10-5-2-1-3-6-10/h1-9H,(H,14,15)/b12-9+. The van der Waals surface area contributed by atoms with Gasteiger partial charge in [-0.1, -0.05) is 30.3 Å². The molecule has 2 rings (SSSR count). The van der Waals surface area contributed by atoms with Gasteiger partial charge in [0.2, 0.25) is 0 Å². The number of hydrogen-bond acceptors (Lipinski definition) is 2. The number of furan rings is 1. The average molecular weight is 214 g/mol. The molecule has 0 saturated heterocycles. The Balaban J connectivity index is 2.43. The third-order valence-electron chi connectivity index (χ3n) is 2.14. The molecular formula is C13H10O3. The first-order valence-corrected chi connectivity index (χ1v) is 4.81. The zero-order valence-electron chi connectivity index (χ0n) is 8.46. The lowest BCUT2D eigenvalue weighted by Gasteiger charge is -2.00. The number of carboxylic acid groups (broad SMARTS) is 1. The van der Waals surface area contributed by atoms with Crippen molar-refractivity contribution in [3.8, 4) is 0 Å².